The minimum Gasteiger partial charge on any atom is -0.358 e. The van der Waals surface area contributed by atoms with E-state index in [9.17, 15) is 4.79 Å². The van der Waals surface area contributed by atoms with Crippen LogP contribution in [0.1, 0.15) is 5.82 Å². The first-order chi connectivity index (χ1) is 8.22. The number of nitrogens with one attached hydrogen (secondary N) is 2. The van der Waals surface area contributed by atoms with Crippen molar-refractivity contribution >= 4 is 5.91 Å². The number of likely N-dealkylation sites (N-methyl/N-ethyl adjacent to an activating group) is 1. The fourth-order valence-corrected chi connectivity index (χ4v) is 2.01. The number of carbonyl (C=O) groups excluding carboxylic acids is 1. The van der Waals surface area contributed by atoms with E-state index in [0.717, 1.165) is 18.9 Å². The second-order valence-electron chi connectivity index (χ2n) is 4.10. The lowest BCUT2D eigenvalue weighted by Crippen LogP contribution is -2.57. The van der Waals surface area contributed by atoms with Crippen molar-refractivity contribution in [2.24, 2.45) is 7.05 Å². The Labute approximate surface area is 100 Å². The molecule has 0 aromatic carbocycles. The molecule has 1 aromatic rings. The highest BCUT2D eigenvalue weighted by molar-refractivity contribution is 5.81. The maximum Gasteiger partial charge on any atom is 0.238 e. The van der Waals surface area contributed by atoms with Crippen molar-refractivity contribution in [3.05, 3.63) is 12.2 Å². The molecule has 1 atom stereocenters. The molecule has 2 N–H and O–H groups in total. The van der Waals surface area contributed by atoms with Gasteiger partial charge in [0.25, 0.3) is 0 Å². The molecule has 1 aliphatic heterocycles. The molecule has 0 bridgehead atoms. The predicted octanol–water partition coefficient (Wildman–Crippen LogP) is -1.67. The van der Waals surface area contributed by atoms with Crippen molar-refractivity contribution in [1.29, 1.82) is 0 Å². The van der Waals surface area contributed by atoms with Crippen LogP contribution in [-0.4, -0.2) is 58.3 Å². The minimum absolute atomic E-state index is 0.0411. The molecule has 0 spiro atoms. The van der Waals surface area contributed by atoms with Crippen LogP contribution in [-0.2, 0) is 18.4 Å². The Bertz CT molecular complexity index is 390. The zero-order valence-electron chi connectivity index (χ0n) is 10.2. The summed E-state index contributed by atoms with van der Waals surface area (Å²) in [5, 5.41) is 9.96. The summed E-state index contributed by atoms with van der Waals surface area (Å²) in [6.07, 6.45) is 1.53. The van der Waals surface area contributed by atoms with Crippen LogP contribution in [0.15, 0.2) is 6.33 Å². The summed E-state index contributed by atoms with van der Waals surface area (Å²) in [4.78, 5) is 18.1. The van der Waals surface area contributed by atoms with E-state index in [1.165, 1.54) is 6.33 Å². The summed E-state index contributed by atoms with van der Waals surface area (Å²) < 4.78 is 1.74. The lowest BCUT2D eigenvalue weighted by molar-refractivity contribution is -0.126. The summed E-state index contributed by atoms with van der Waals surface area (Å²) in [5.74, 6) is 0.917. The fourth-order valence-electron chi connectivity index (χ4n) is 2.01. The summed E-state index contributed by atoms with van der Waals surface area (Å²) in [6.45, 7) is 3.06. The van der Waals surface area contributed by atoms with Gasteiger partial charge in [0.05, 0.1) is 6.54 Å². The van der Waals surface area contributed by atoms with Gasteiger partial charge in [0, 0.05) is 33.7 Å². The molecule has 1 aromatic heterocycles. The molecule has 1 amide bonds. The summed E-state index contributed by atoms with van der Waals surface area (Å²) in [5.41, 5.74) is 0. The van der Waals surface area contributed by atoms with E-state index in [1.807, 2.05) is 7.05 Å². The Balaban J connectivity index is 2.06. The van der Waals surface area contributed by atoms with Gasteiger partial charge in [0.2, 0.25) is 5.91 Å². The van der Waals surface area contributed by atoms with Crippen LogP contribution in [0, 0.1) is 0 Å². The molecule has 7 heteroatoms. The molecule has 0 saturated carbocycles. The number of hydrogen-bond acceptors (Lipinski definition) is 5. The molecule has 7 nitrogen and oxygen atoms in total. The molecule has 2 heterocycles. The Morgan fingerprint density at radius 1 is 1.71 bits per heavy atom. The van der Waals surface area contributed by atoms with Gasteiger partial charge in [-0.1, -0.05) is 0 Å². The van der Waals surface area contributed by atoms with Crippen molar-refractivity contribution in [1.82, 2.24) is 30.3 Å². The van der Waals surface area contributed by atoms with Crippen molar-refractivity contribution in [3.8, 4) is 0 Å². The van der Waals surface area contributed by atoms with Crippen molar-refractivity contribution in [3.63, 3.8) is 0 Å². The predicted molar refractivity (Wildman–Crippen MR) is 62.1 cm³/mol. The fraction of sp³-hybridized carbons (Fsp3) is 0.700. The molecule has 1 fully saturated rings. The third-order valence-electron chi connectivity index (χ3n) is 3.05. The third kappa shape index (κ3) is 2.62. The topological polar surface area (TPSA) is 75.1 Å². The first-order valence-corrected chi connectivity index (χ1v) is 5.71. The number of aryl methyl sites for hydroxylation is 1. The van der Waals surface area contributed by atoms with Gasteiger partial charge >= 0.3 is 0 Å². The van der Waals surface area contributed by atoms with Gasteiger partial charge in [-0.05, 0) is 0 Å². The van der Waals surface area contributed by atoms with Crippen LogP contribution < -0.4 is 10.6 Å². The largest absolute Gasteiger partial charge is 0.358 e. The standard InChI is InChI=1S/C10H18N6O/c1-11-10(17)8-5-12-3-4-16(8)6-9-13-7-14-15(9)2/h7-8,12H,3-6H2,1-2H3,(H,11,17). The van der Waals surface area contributed by atoms with E-state index in [2.05, 4.69) is 25.6 Å². The van der Waals surface area contributed by atoms with Crippen LogP contribution >= 0.6 is 0 Å². The average Bonchev–Trinajstić information content (AvgIpc) is 2.75. The van der Waals surface area contributed by atoms with E-state index in [1.54, 1.807) is 11.7 Å². The monoisotopic (exact) mass is 238 g/mol. The van der Waals surface area contributed by atoms with Gasteiger partial charge in [0.1, 0.15) is 18.2 Å². The van der Waals surface area contributed by atoms with Gasteiger partial charge in [-0.3, -0.25) is 14.4 Å². The molecule has 1 unspecified atom stereocenters. The van der Waals surface area contributed by atoms with Crippen LogP contribution in [0.4, 0.5) is 0 Å². The second kappa shape index (κ2) is 5.24. The Kier molecular flexibility index (Phi) is 3.70. The van der Waals surface area contributed by atoms with E-state index >= 15 is 0 Å². The van der Waals surface area contributed by atoms with Crippen LogP contribution in [0.5, 0.6) is 0 Å². The Morgan fingerprint density at radius 2 is 2.53 bits per heavy atom. The van der Waals surface area contributed by atoms with E-state index in [0.29, 0.717) is 13.1 Å². The van der Waals surface area contributed by atoms with Crippen LogP contribution in [0.2, 0.25) is 0 Å². The number of hydrogen-bond donors (Lipinski definition) is 2. The molecule has 2 rings (SSSR count). The van der Waals surface area contributed by atoms with Crippen molar-refractivity contribution in [2.75, 3.05) is 26.7 Å². The smallest absolute Gasteiger partial charge is 0.238 e. The first kappa shape index (κ1) is 12.0. The minimum atomic E-state index is -0.134. The van der Waals surface area contributed by atoms with Gasteiger partial charge in [-0.15, -0.1) is 0 Å². The zero-order chi connectivity index (χ0) is 12.3. The maximum absolute atomic E-state index is 11.8. The van der Waals surface area contributed by atoms with E-state index in [4.69, 9.17) is 0 Å². The summed E-state index contributed by atoms with van der Waals surface area (Å²) in [6, 6.07) is -0.134. The Hall–Kier alpha value is -1.47. The van der Waals surface area contributed by atoms with Crippen LogP contribution in [0.3, 0.4) is 0 Å². The van der Waals surface area contributed by atoms with Crippen molar-refractivity contribution in [2.45, 2.75) is 12.6 Å². The number of carbonyl (C=O) groups is 1. The Morgan fingerprint density at radius 3 is 3.18 bits per heavy atom. The molecular weight excluding hydrogens is 220 g/mol. The molecule has 1 aliphatic rings. The number of nitrogens with zero attached hydrogens (tertiary/aromatic N) is 4. The zero-order valence-corrected chi connectivity index (χ0v) is 10.2. The van der Waals surface area contributed by atoms with E-state index < -0.39 is 0 Å². The second-order valence-corrected chi connectivity index (χ2v) is 4.10. The molecule has 0 aliphatic carbocycles. The molecule has 94 valence electrons. The van der Waals surface area contributed by atoms with Crippen molar-refractivity contribution < 1.29 is 4.79 Å². The quantitative estimate of drug-likeness (QED) is 0.659. The van der Waals surface area contributed by atoms with Gasteiger partial charge in [-0.25, -0.2) is 4.98 Å². The highest BCUT2D eigenvalue weighted by atomic mass is 16.2. The number of piperazine rings is 1. The summed E-state index contributed by atoms with van der Waals surface area (Å²) in [7, 11) is 3.52. The highest BCUT2D eigenvalue weighted by Crippen LogP contribution is 2.08. The first-order valence-electron chi connectivity index (χ1n) is 5.71. The number of rotatable bonds is 3. The lowest BCUT2D eigenvalue weighted by Gasteiger charge is -2.34. The third-order valence-corrected chi connectivity index (χ3v) is 3.05. The van der Waals surface area contributed by atoms with Gasteiger partial charge < -0.3 is 10.6 Å². The molecule has 17 heavy (non-hydrogen) atoms. The lowest BCUT2D eigenvalue weighted by atomic mass is 10.1. The van der Waals surface area contributed by atoms with E-state index in [-0.39, 0.29) is 11.9 Å². The normalized spacial score (nSPS) is 21.4. The number of amides is 1. The number of aromatic nitrogens is 3. The maximum atomic E-state index is 11.8. The molecule has 1 saturated heterocycles. The molecule has 0 radical (unpaired) electrons. The average molecular weight is 238 g/mol. The SMILES string of the molecule is CNC(=O)C1CNCCN1Cc1ncnn1C. The highest BCUT2D eigenvalue weighted by Gasteiger charge is 2.28. The van der Waals surface area contributed by atoms with Gasteiger partial charge in [-0.2, -0.15) is 5.10 Å². The molecular formula is C10H18N6O. The van der Waals surface area contributed by atoms with Crippen LogP contribution in [0.25, 0.3) is 0 Å². The van der Waals surface area contributed by atoms with Gasteiger partial charge in [0.15, 0.2) is 0 Å². The summed E-state index contributed by atoms with van der Waals surface area (Å²) >= 11 is 0.